The van der Waals surface area contributed by atoms with Crippen LogP contribution in [0, 0.1) is 6.92 Å². The Morgan fingerprint density at radius 3 is 2.05 bits per heavy atom. The van der Waals surface area contributed by atoms with E-state index in [1.54, 1.807) is 6.07 Å². The van der Waals surface area contributed by atoms with Crippen LogP contribution in [0.25, 0.3) is 0 Å². The van der Waals surface area contributed by atoms with Crippen molar-refractivity contribution >= 4 is 23.5 Å². The molecule has 0 fully saturated rings. The van der Waals surface area contributed by atoms with Crippen LogP contribution in [0.15, 0.2) is 109 Å². The average molecular weight is 528 g/mol. The van der Waals surface area contributed by atoms with Crippen molar-refractivity contribution in [2.45, 2.75) is 38.0 Å². The smallest absolute Gasteiger partial charge is 0.320 e. The van der Waals surface area contributed by atoms with Crippen molar-refractivity contribution in [3.05, 3.63) is 142 Å². The normalized spacial score (nSPS) is 13.3. The Hall–Kier alpha value is -3.93. The Labute approximate surface area is 228 Å². The maximum absolute atomic E-state index is 12.6. The van der Waals surface area contributed by atoms with Crippen molar-refractivity contribution in [2.75, 3.05) is 0 Å². The molecule has 0 aliphatic heterocycles. The molecule has 0 saturated carbocycles. The first-order valence-corrected chi connectivity index (χ1v) is 12.9. The quantitative estimate of drug-likeness (QED) is 0.172. The van der Waals surface area contributed by atoms with Crippen LogP contribution in [0.3, 0.4) is 0 Å². The molecule has 4 rings (SSSR count). The second-order valence-electron chi connectivity index (χ2n) is 9.18. The van der Waals surface area contributed by atoms with Gasteiger partial charge in [0.25, 0.3) is 0 Å². The van der Waals surface area contributed by atoms with E-state index < -0.39 is 23.5 Å². The minimum absolute atomic E-state index is 0.0356. The maximum Gasteiger partial charge on any atom is 0.320 e. The highest BCUT2D eigenvalue weighted by atomic mass is 35.5. The Balaban J connectivity index is 1.69. The zero-order chi connectivity index (χ0) is 27.0. The van der Waals surface area contributed by atoms with Gasteiger partial charge in [0.1, 0.15) is 12.6 Å². The average Bonchev–Trinajstić information content (AvgIpc) is 2.94. The van der Waals surface area contributed by atoms with E-state index in [1.165, 1.54) is 0 Å². The van der Waals surface area contributed by atoms with Gasteiger partial charge in [-0.3, -0.25) is 14.9 Å². The molecule has 1 unspecified atom stereocenters. The van der Waals surface area contributed by atoms with Crippen molar-refractivity contribution in [3.8, 4) is 0 Å². The molecule has 0 amide bonds. The fourth-order valence-electron chi connectivity index (χ4n) is 4.57. The van der Waals surface area contributed by atoms with Gasteiger partial charge in [0.05, 0.1) is 5.54 Å². The Bertz CT molecular complexity index is 1360. The Kier molecular flexibility index (Phi) is 8.95. The molecule has 0 radical (unpaired) electrons. The number of hydrogen-bond donors (Lipinski definition) is 2. The first-order valence-electron chi connectivity index (χ1n) is 12.5. The first-order chi connectivity index (χ1) is 18.4. The number of halogens is 1. The van der Waals surface area contributed by atoms with Gasteiger partial charge in [-0.15, -0.1) is 0 Å². The van der Waals surface area contributed by atoms with Crippen LogP contribution in [-0.4, -0.2) is 23.1 Å². The summed E-state index contributed by atoms with van der Waals surface area (Å²) < 4.78 is 5.39. The van der Waals surface area contributed by atoms with Gasteiger partial charge < -0.3 is 9.84 Å². The number of esters is 1. The topological polar surface area (TPSA) is 75.6 Å². The molecule has 0 heterocycles. The zero-order valence-corrected chi connectivity index (χ0v) is 21.9. The number of hydrogen-bond acceptors (Lipinski definition) is 4. The van der Waals surface area contributed by atoms with Crippen molar-refractivity contribution in [1.82, 2.24) is 5.32 Å². The number of benzene rings is 4. The minimum Gasteiger partial charge on any atom is -0.480 e. The van der Waals surface area contributed by atoms with Crippen LogP contribution < -0.4 is 5.32 Å². The molecule has 0 bridgehead atoms. The number of aryl methyl sites for hydroxylation is 1. The van der Waals surface area contributed by atoms with Crippen LogP contribution in [0.1, 0.15) is 40.7 Å². The highest BCUT2D eigenvalue weighted by Gasteiger charge is 2.41. The molecule has 4 aromatic rings. The van der Waals surface area contributed by atoms with Gasteiger partial charge >= 0.3 is 11.9 Å². The predicted molar refractivity (Wildman–Crippen MR) is 149 cm³/mol. The fourth-order valence-corrected chi connectivity index (χ4v) is 4.85. The van der Waals surface area contributed by atoms with Crippen molar-refractivity contribution in [1.29, 1.82) is 0 Å². The summed E-state index contributed by atoms with van der Waals surface area (Å²) in [5.74, 6) is -1.53. The number of nitrogens with one attached hydrogen (secondary N) is 1. The number of aliphatic carboxylic acids is 1. The SMILES string of the molecule is Cc1ccc(C(N[C@@H](CCC(=O)OCc2ccccc2)C(=O)O)(c2ccccc2)c2ccccc2Cl)cc1. The van der Waals surface area contributed by atoms with Gasteiger partial charge in [0.15, 0.2) is 0 Å². The van der Waals surface area contributed by atoms with Crippen molar-refractivity contribution in [3.63, 3.8) is 0 Å². The summed E-state index contributed by atoms with van der Waals surface area (Å²) in [6.45, 7) is 2.14. The molecule has 0 spiro atoms. The van der Waals surface area contributed by atoms with E-state index in [0.717, 1.165) is 27.8 Å². The first kappa shape index (κ1) is 27.1. The Morgan fingerprint density at radius 1 is 0.842 bits per heavy atom. The van der Waals surface area contributed by atoms with Crippen LogP contribution in [0.5, 0.6) is 0 Å². The molecule has 4 aromatic carbocycles. The fraction of sp³-hybridized carbons (Fsp3) is 0.188. The summed E-state index contributed by atoms with van der Waals surface area (Å²) >= 11 is 6.77. The number of carbonyl (C=O) groups is 2. The molecular weight excluding hydrogens is 498 g/mol. The number of carboxylic acid groups (broad SMARTS) is 1. The summed E-state index contributed by atoms with van der Waals surface area (Å²) in [6.07, 6.45) is -0.0219. The number of rotatable bonds is 11. The Morgan fingerprint density at radius 2 is 1.42 bits per heavy atom. The maximum atomic E-state index is 12.6. The molecular formula is C32H30ClNO4. The number of carboxylic acids is 1. The van der Waals surface area contributed by atoms with E-state index in [9.17, 15) is 14.7 Å². The van der Waals surface area contributed by atoms with Gasteiger partial charge in [0, 0.05) is 11.4 Å². The monoisotopic (exact) mass is 527 g/mol. The van der Waals surface area contributed by atoms with Gasteiger partial charge in [-0.1, -0.05) is 120 Å². The van der Waals surface area contributed by atoms with Crippen molar-refractivity contribution < 1.29 is 19.4 Å². The van der Waals surface area contributed by atoms with Gasteiger partial charge in [-0.25, -0.2) is 0 Å². The molecule has 194 valence electrons. The van der Waals surface area contributed by atoms with Crippen LogP contribution >= 0.6 is 11.6 Å². The summed E-state index contributed by atoms with van der Waals surface area (Å²) in [5, 5.41) is 14.2. The van der Waals surface area contributed by atoms with Gasteiger partial charge in [-0.2, -0.15) is 0 Å². The molecule has 2 N–H and O–H groups in total. The van der Waals surface area contributed by atoms with E-state index >= 15 is 0 Å². The van der Waals surface area contributed by atoms with E-state index in [0.29, 0.717) is 5.02 Å². The predicted octanol–water partition coefficient (Wildman–Crippen LogP) is 6.51. The zero-order valence-electron chi connectivity index (χ0n) is 21.1. The molecule has 5 nitrogen and oxygen atoms in total. The van der Waals surface area contributed by atoms with Crippen LogP contribution in [0.2, 0.25) is 5.02 Å². The largest absolute Gasteiger partial charge is 0.480 e. The molecule has 0 aliphatic rings. The minimum atomic E-state index is -1.09. The molecule has 2 atom stereocenters. The lowest BCUT2D eigenvalue weighted by atomic mass is 9.76. The molecule has 0 aliphatic carbocycles. The molecule has 6 heteroatoms. The lowest BCUT2D eigenvalue weighted by Crippen LogP contribution is -2.52. The highest BCUT2D eigenvalue weighted by Crippen LogP contribution is 2.41. The second-order valence-corrected chi connectivity index (χ2v) is 9.59. The summed E-state index contributed by atoms with van der Waals surface area (Å²) in [6, 6.07) is 33.3. The molecule has 38 heavy (non-hydrogen) atoms. The van der Waals surface area contributed by atoms with Gasteiger partial charge in [0.2, 0.25) is 0 Å². The van der Waals surface area contributed by atoms with E-state index in [4.69, 9.17) is 16.3 Å². The number of carbonyl (C=O) groups excluding carboxylic acids is 1. The standard InChI is InChI=1S/C32H30ClNO4/c1-23-16-18-26(19-17-23)32(25-12-6-3-7-13-25,27-14-8-9-15-28(27)33)34-29(31(36)37)20-21-30(35)38-22-24-10-4-2-5-11-24/h2-19,29,34H,20-22H2,1H3,(H,36,37)/t29-,32?/m0/s1. The molecule has 0 saturated heterocycles. The summed E-state index contributed by atoms with van der Waals surface area (Å²) in [4.78, 5) is 25.1. The number of ether oxygens (including phenoxy) is 1. The highest BCUT2D eigenvalue weighted by molar-refractivity contribution is 6.31. The van der Waals surface area contributed by atoms with Gasteiger partial charge in [-0.05, 0) is 41.7 Å². The van der Waals surface area contributed by atoms with Crippen LogP contribution in [-0.2, 0) is 26.5 Å². The lowest BCUT2D eigenvalue weighted by molar-refractivity contribution is -0.146. The summed E-state index contributed by atoms with van der Waals surface area (Å²) in [7, 11) is 0. The lowest BCUT2D eigenvalue weighted by Gasteiger charge is -2.39. The van der Waals surface area contributed by atoms with Crippen LogP contribution in [0.4, 0.5) is 0 Å². The van der Waals surface area contributed by atoms with E-state index in [-0.39, 0.29) is 19.4 Å². The van der Waals surface area contributed by atoms with Crippen molar-refractivity contribution in [2.24, 2.45) is 0 Å². The molecule has 0 aromatic heterocycles. The third-order valence-electron chi connectivity index (χ3n) is 6.54. The third kappa shape index (κ3) is 6.31. The summed E-state index contributed by atoms with van der Waals surface area (Å²) in [5.41, 5.74) is 3.23. The third-order valence-corrected chi connectivity index (χ3v) is 6.87. The van der Waals surface area contributed by atoms with E-state index in [1.807, 2.05) is 110 Å². The van der Waals surface area contributed by atoms with E-state index in [2.05, 4.69) is 5.32 Å². The second kappa shape index (κ2) is 12.5.